The molecule has 3 rings (SSSR count). The topological polar surface area (TPSA) is 215 Å². The number of benzene rings is 1. The number of aromatic nitrogens is 3. The second-order valence-corrected chi connectivity index (χ2v) is 10.4. The Hall–Kier alpha value is -3.88. The molecular weight excluding hydrogens is 538 g/mol. The number of aliphatic hydroxyl groups is 1. The summed E-state index contributed by atoms with van der Waals surface area (Å²) in [6, 6.07) is 2.67. The summed E-state index contributed by atoms with van der Waals surface area (Å²) < 4.78 is 0. The third kappa shape index (κ3) is 8.31. The molecule has 14 heteroatoms. The van der Waals surface area contributed by atoms with Crippen molar-refractivity contribution in [2.24, 2.45) is 5.73 Å². The average Bonchev–Trinajstić information content (AvgIpc) is 3.58. The summed E-state index contributed by atoms with van der Waals surface area (Å²) in [4.78, 5) is 61.0. The molecule has 2 heterocycles. The molecule has 13 nitrogen and oxygen atoms in total. The Labute approximate surface area is 235 Å². The first-order chi connectivity index (χ1) is 19.1. The highest BCUT2D eigenvalue weighted by molar-refractivity contribution is 7.98. The van der Waals surface area contributed by atoms with Crippen LogP contribution in [0.2, 0.25) is 0 Å². The number of amides is 3. The number of rotatable bonds is 15. The summed E-state index contributed by atoms with van der Waals surface area (Å²) in [6.07, 6.45) is 5.69. The van der Waals surface area contributed by atoms with Crippen molar-refractivity contribution in [2.45, 2.75) is 56.5 Å². The second kappa shape index (κ2) is 14.5. The van der Waals surface area contributed by atoms with Gasteiger partial charge >= 0.3 is 5.97 Å². The van der Waals surface area contributed by atoms with E-state index in [4.69, 9.17) is 5.73 Å². The van der Waals surface area contributed by atoms with E-state index in [1.54, 1.807) is 12.4 Å². The van der Waals surface area contributed by atoms with Gasteiger partial charge in [0.05, 0.1) is 18.5 Å². The van der Waals surface area contributed by atoms with Gasteiger partial charge in [-0.3, -0.25) is 14.4 Å². The zero-order valence-electron chi connectivity index (χ0n) is 22.2. The summed E-state index contributed by atoms with van der Waals surface area (Å²) in [5, 5.41) is 27.8. The van der Waals surface area contributed by atoms with Crippen molar-refractivity contribution < 1.29 is 29.4 Å². The van der Waals surface area contributed by atoms with Gasteiger partial charge in [0.25, 0.3) is 0 Å². The van der Waals surface area contributed by atoms with Gasteiger partial charge in [0.15, 0.2) is 6.04 Å². The quantitative estimate of drug-likeness (QED) is 0.119. The van der Waals surface area contributed by atoms with Gasteiger partial charge in [-0.05, 0) is 37.0 Å². The van der Waals surface area contributed by atoms with Gasteiger partial charge in [-0.1, -0.05) is 18.2 Å². The number of thioether (sulfide) groups is 1. The molecule has 0 spiro atoms. The standard InChI is InChI=1S/C26H35N7O6S/c1-14(34)22(26(38)39)33-25(37)21(9-15-11-29-19-6-4-3-5-17(15)19)32-24(36)20(7-8-40-2)31-23(35)18(27)10-16-12-28-13-30-16/h3-6,11-14,18,20-22,29,34H,7-10,27H2,1-2H3,(H,28,30)(H,31,35)(H,32,36)(H,33,37)(H,38,39). The number of carboxylic acid groups (broad SMARTS) is 1. The molecule has 0 aliphatic rings. The zero-order chi connectivity index (χ0) is 29.2. The van der Waals surface area contributed by atoms with Crippen molar-refractivity contribution in [1.29, 1.82) is 0 Å². The second-order valence-electron chi connectivity index (χ2n) is 9.42. The number of aromatic amines is 2. The van der Waals surface area contributed by atoms with Crippen molar-refractivity contribution in [2.75, 3.05) is 12.0 Å². The van der Waals surface area contributed by atoms with Gasteiger partial charge in [-0.15, -0.1) is 0 Å². The highest BCUT2D eigenvalue weighted by atomic mass is 32.2. The Kier molecular flexibility index (Phi) is 11.1. The van der Waals surface area contributed by atoms with Crippen LogP contribution in [0.15, 0.2) is 43.0 Å². The summed E-state index contributed by atoms with van der Waals surface area (Å²) in [5.74, 6) is -2.85. The Balaban J connectivity index is 1.81. The van der Waals surface area contributed by atoms with Crippen LogP contribution in [0.25, 0.3) is 10.9 Å². The highest BCUT2D eigenvalue weighted by Crippen LogP contribution is 2.19. The molecule has 3 aromatic rings. The number of H-pyrrole nitrogens is 2. The van der Waals surface area contributed by atoms with Crippen molar-refractivity contribution in [3.05, 3.63) is 54.2 Å². The Morgan fingerprint density at radius 3 is 2.38 bits per heavy atom. The van der Waals surface area contributed by atoms with Crippen LogP contribution in [0.5, 0.6) is 0 Å². The summed E-state index contributed by atoms with van der Waals surface area (Å²) in [7, 11) is 0. The number of fused-ring (bicyclic) bond motifs is 1. The van der Waals surface area contributed by atoms with Crippen molar-refractivity contribution in [3.8, 4) is 0 Å². The smallest absolute Gasteiger partial charge is 0.328 e. The van der Waals surface area contributed by atoms with Gasteiger partial charge < -0.3 is 41.9 Å². The Morgan fingerprint density at radius 1 is 1.02 bits per heavy atom. The number of carbonyl (C=O) groups excluding carboxylic acids is 3. The third-order valence-electron chi connectivity index (χ3n) is 6.35. The number of aliphatic carboxylic acids is 1. The molecule has 2 aromatic heterocycles. The number of nitrogens with zero attached hydrogens (tertiary/aromatic N) is 1. The number of carbonyl (C=O) groups is 4. The van der Waals surface area contributed by atoms with Crippen molar-refractivity contribution >= 4 is 46.4 Å². The summed E-state index contributed by atoms with van der Waals surface area (Å²) >= 11 is 1.48. The molecule has 0 radical (unpaired) electrons. The minimum atomic E-state index is -1.58. The number of nitrogens with two attached hydrogens (primary N) is 1. The van der Waals surface area contributed by atoms with Crippen molar-refractivity contribution in [3.63, 3.8) is 0 Å². The fourth-order valence-electron chi connectivity index (χ4n) is 4.15. The van der Waals surface area contributed by atoms with Gasteiger partial charge in [-0.2, -0.15) is 11.8 Å². The molecule has 5 unspecified atom stereocenters. The molecule has 3 amide bonds. The van der Waals surface area contributed by atoms with Crippen LogP contribution in [-0.4, -0.2) is 91.1 Å². The van der Waals surface area contributed by atoms with Gasteiger partial charge in [-0.25, -0.2) is 9.78 Å². The number of hydrogen-bond donors (Lipinski definition) is 8. The summed E-state index contributed by atoms with van der Waals surface area (Å²) in [6.45, 7) is 1.24. The van der Waals surface area contributed by atoms with E-state index in [2.05, 4.69) is 30.9 Å². The molecular formula is C26H35N7O6S. The monoisotopic (exact) mass is 573 g/mol. The largest absolute Gasteiger partial charge is 0.480 e. The van der Waals surface area contributed by atoms with E-state index in [0.717, 1.165) is 10.9 Å². The van der Waals surface area contributed by atoms with Crippen LogP contribution in [-0.2, 0) is 32.0 Å². The van der Waals surface area contributed by atoms with E-state index in [0.29, 0.717) is 17.0 Å². The molecule has 0 saturated heterocycles. The zero-order valence-corrected chi connectivity index (χ0v) is 23.0. The molecule has 40 heavy (non-hydrogen) atoms. The van der Waals surface area contributed by atoms with Crippen LogP contribution < -0.4 is 21.7 Å². The van der Waals surface area contributed by atoms with Gasteiger partial charge in [0.2, 0.25) is 17.7 Å². The first-order valence-corrected chi connectivity index (χ1v) is 14.1. The number of carboxylic acids is 1. The maximum atomic E-state index is 13.4. The fraction of sp³-hybridized carbons (Fsp3) is 0.423. The molecule has 5 atom stereocenters. The van der Waals surface area contributed by atoms with Crippen LogP contribution in [0.1, 0.15) is 24.6 Å². The lowest BCUT2D eigenvalue weighted by Gasteiger charge is -2.25. The normalized spacial score (nSPS) is 15.0. The van der Waals surface area contributed by atoms with E-state index in [9.17, 15) is 29.4 Å². The number of imidazole rings is 1. The van der Waals surface area contributed by atoms with Gasteiger partial charge in [0.1, 0.15) is 12.1 Å². The van der Waals surface area contributed by atoms with E-state index >= 15 is 0 Å². The fourth-order valence-corrected chi connectivity index (χ4v) is 4.63. The minimum absolute atomic E-state index is 0.0241. The lowest BCUT2D eigenvalue weighted by Crippen LogP contribution is -2.59. The van der Waals surface area contributed by atoms with Crippen LogP contribution in [0.4, 0.5) is 0 Å². The molecule has 216 valence electrons. The number of aliphatic hydroxyl groups excluding tert-OH is 1. The van der Waals surface area contributed by atoms with Crippen LogP contribution in [0.3, 0.4) is 0 Å². The lowest BCUT2D eigenvalue weighted by molar-refractivity contribution is -0.145. The molecule has 9 N–H and O–H groups in total. The SMILES string of the molecule is CSCCC(NC(=O)C(N)Cc1cnc[nH]1)C(=O)NC(Cc1c[nH]c2ccccc12)C(=O)NC(C(=O)O)C(C)O. The third-order valence-corrected chi connectivity index (χ3v) is 7.00. The molecule has 0 saturated carbocycles. The molecule has 0 fully saturated rings. The van der Waals surface area contributed by atoms with E-state index in [1.807, 2.05) is 30.5 Å². The van der Waals surface area contributed by atoms with E-state index in [1.165, 1.54) is 25.0 Å². The predicted octanol–water partition coefficient (Wildman–Crippen LogP) is -0.324. The molecule has 0 bridgehead atoms. The maximum absolute atomic E-state index is 13.4. The summed E-state index contributed by atoms with van der Waals surface area (Å²) in [5.41, 5.74) is 8.25. The number of nitrogens with one attached hydrogen (secondary N) is 5. The van der Waals surface area contributed by atoms with Crippen LogP contribution in [0, 0.1) is 0 Å². The minimum Gasteiger partial charge on any atom is -0.480 e. The van der Waals surface area contributed by atoms with Gasteiger partial charge in [0, 0.05) is 41.8 Å². The number of para-hydroxylation sites is 1. The molecule has 1 aromatic carbocycles. The molecule has 0 aliphatic heterocycles. The Morgan fingerprint density at radius 2 is 1.73 bits per heavy atom. The highest BCUT2D eigenvalue weighted by Gasteiger charge is 2.32. The maximum Gasteiger partial charge on any atom is 0.328 e. The van der Waals surface area contributed by atoms with Crippen LogP contribution >= 0.6 is 11.8 Å². The first kappa shape index (κ1) is 30.7. The van der Waals surface area contributed by atoms with Crippen molar-refractivity contribution in [1.82, 2.24) is 30.9 Å². The molecule has 0 aliphatic carbocycles. The Bertz CT molecular complexity index is 1300. The average molecular weight is 574 g/mol. The predicted molar refractivity (Wildman–Crippen MR) is 150 cm³/mol. The lowest BCUT2D eigenvalue weighted by atomic mass is 10.0. The number of hydrogen-bond acceptors (Lipinski definition) is 8. The first-order valence-electron chi connectivity index (χ1n) is 12.7. The van der Waals surface area contributed by atoms with E-state index in [-0.39, 0.29) is 19.3 Å². The van der Waals surface area contributed by atoms with E-state index < -0.39 is 54.0 Å².